The summed E-state index contributed by atoms with van der Waals surface area (Å²) >= 11 is 3.30. The molecule has 0 fully saturated rings. The van der Waals surface area contributed by atoms with E-state index in [2.05, 4.69) is 15.9 Å². The maximum atomic E-state index is 12.3. The lowest BCUT2D eigenvalue weighted by Gasteiger charge is -2.13. The molecule has 21 heavy (non-hydrogen) atoms. The summed E-state index contributed by atoms with van der Waals surface area (Å²) in [5.74, 6) is -0.608. The van der Waals surface area contributed by atoms with Crippen LogP contribution in [0, 0.1) is 11.3 Å². The molecule has 0 spiro atoms. The Balaban J connectivity index is 1.93. The molecule has 0 radical (unpaired) electrons. The van der Waals surface area contributed by atoms with Gasteiger partial charge in [-0.2, -0.15) is 5.26 Å². The molecule has 0 saturated carbocycles. The van der Waals surface area contributed by atoms with Crippen LogP contribution in [0.15, 0.2) is 46.9 Å². The molecule has 2 amide bonds. The van der Waals surface area contributed by atoms with E-state index in [0.29, 0.717) is 16.7 Å². The highest BCUT2D eigenvalue weighted by Gasteiger charge is 2.35. The van der Waals surface area contributed by atoms with Gasteiger partial charge >= 0.3 is 0 Å². The smallest absolute Gasteiger partial charge is 0.261 e. The maximum absolute atomic E-state index is 12.3. The Bertz CT molecular complexity index is 808. The fourth-order valence-electron chi connectivity index (χ4n) is 2.33. The van der Waals surface area contributed by atoms with Gasteiger partial charge in [0.05, 0.1) is 29.3 Å². The summed E-state index contributed by atoms with van der Waals surface area (Å²) in [5.41, 5.74) is 2.08. The summed E-state index contributed by atoms with van der Waals surface area (Å²) < 4.78 is 0.760. The van der Waals surface area contributed by atoms with Crippen molar-refractivity contribution in [3.63, 3.8) is 0 Å². The van der Waals surface area contributed by atoms with Gasteiger partial charge in [0.2, 0.25) is 0 Å². The van der Waals surface area contributed by atoms with Crippen LogP contribution in [0.5, 0.6) is 0 Å². The van der Waals surface area contributed by atoms with Crippen molar-refractivity contribution in [2.24, 2.45) is 0 Å². The van der Waals surface area contributed by atoms with Gasteiger partial charge in [0.25, 0.3) is 11.8 Å². The Labute approximate surface area is 129 Å². The van der Waals surface area contributed by atoms with Gasteiger partial charge in [-0.15, -0.1) is 0 Å². The first kappa shape index (κ1) is 13.5. The third kappa shape index (κ3) is 2.34. The van der Waals surface area contributed by atoms with Crippen LogP contribution in [-0.4, -0.2) is 16.7 Å². The van der Waals surface area contributed by atoms with Crippen molar-refractivity contribution in [3.8, 4) is 6.07 Å². The maximum Gasteiger partial charge on any atom is 0.261 e. The number of hydrogen-bond acceptors (Lipinski definition) is 3. The Morgan fingerprint density at radius 1 is 1.05 bits per heavy atom. The van der Waals surface area contributed by atoms with E-state index in [1.165, 1.54) is 4.90 Å². The number of benzene rings is 2. The largest absolute Gasteiger partial charge is 0.270 e. The lowest BCUT2D eigenvalue weighted by Crippen LogP contribution is -2.29. The fraction of sp³-hybridized carbons (Fsp3) is 0.0625. The highest BCUT2D eigenvalue weighted by molar-refractivity contribution is 9.10. The van der Waals surface area contributed by atoms with E-state index in [1.54, 1.807) is 42.5 Å². The number of carbonyl (C=O) groups is 2. The molecule has 4 nitrogen and oxygen atoms in total. The zero-order chi connectivity index (χ0) is 15.0. The number of hydrogen-bond donors (Lipinski definition) is 0. The Kier molecular flexibility index (Phi) is 3.32. The Morgan fingerprint density at radius 3 is 2.57 bits per heavy atom. The fourth-order valence-corrected chi connectivity index (χ4v) is 2.69. The normalized spacial score (nSPS) is 13.2. The van der Waals surface area contributed by atoms with Gasteiger partial charge < -0.3 is 0 Å². The molecule has 0 N–H and O–H groups in total. The minimum atomic E-state index is -0.307. The summed E-state index contributed by atoms with van der Waals surface area (Å²) in [5, 5.41) is 8.90. The average molecular weight is 341 g/mol. The lowest BCUT2D eigenvalue weighted by molar-refractivity contribution is 0.0642. The SMILES string of the molecule is N#Cc1cccc(CN2C(=O)c3ccc(Br)cc3C2=O)c1. The van der Waals surface area contributed by atoms with Crippen molar-refractivity contribution >= 4 is 27.7 Å². The van der Waals surface area contributed by atoms with E-state index in [1.807, 2.05) is 6.07 Å². The van der Waals surface area contributed by atoms with E-state index in [-0.39, 0.29) is 18.4 Å². The minimum Gasteiger partial charge on any atom is -0.270 e. The number of carbonyl (C=O) groups excluding carboxylic acids is 2. The second kappa shape index (κ2) is 5.15. The predicted octanol–water partition coefficient (Wildman–Crippen LogP) is 3.12. The Morgan fingerprint density at radius 2 is 1.81 bits per heavy atom. The molecule has 2 aromatic carbocycles. The molecule has 5 heteroatoms. The van der Waals surface area contributed by atoms with Crippen LogP contribution < -0.4 is 0 Å². The first-order valence-corrected chi connectivity index (χ1v) is 7.04. The van der Waals surface area contributed by atoms with E-state index >= 15 is 0 Å². The molecule has 1 aliphatic heterocycles. The molecule has 102 valence electrons. The van der Waals surface area contributed by atoms with Crippen molar-refractivity contribution < 1.29 is 9.59 Å². The van der Waals surface area contributed by atoms with Gasteiger partial charge in [-0.05, 0) is 35.9 Å². The second-order valence-electron chi connectivity index (χ2n) is 4.70. The van der Waals surface area contributed by atoms with Crippen LogP contribution in [0.2, 0.25) is 0 Å². The monoisotopic (exact) mass is 340 g/mol. The summed E-state index contributed by atoms with van der Waals surface area (Å²) in [6.07, 6.45) is 0. The van der Waals surface area contributed by atoms with E-state index in [4.69, 9.17) is 5.26 Å². The molecule has 0 aliphatic carbocycles. The predicted molar refractivity (Wildman–Crippen MR) is 79.5 cm³/mol. The van der Waals surface area contributed by atoms with E-state index < -0.39 is 0 Å². The highest BCUT2D eigenvalue weighted by atomic mass is 79.9. The summed E-state index contributed by atoms with van der Waals surface area (Å²) in [4.78, 5) is 25.8. The first-order valence-electron chi connectivity index (χ1n) is 6.25. The summed E-state index contributed by atoms with van der Waals surface area (Å²) in [7, 11) is 0. The van der Waals surface area contributed by atoms with Crippen molar-refractivity contribution in [2.75, 3.05) is 0 Å². The first-order chi connectivity index (χ1) is 10.1. The number of rotatable bonds is 2. The van der Waals surface area contributed by atoms with Crippen molar-refractivity contribution in [1.29, 1.82) is 5.26 Å². The van der Waals surface area contributed by atoms with Crippen LogP contribution in [0.25, 0.3) is 0 Å². The molecule has 0 bridgehead atoms. The van der Waals surface area contributed by atoms with Gasteiger partial charge in [0, 0.05) is 4.47 Å². The summed E-state index contributed by atoms with van der Waals surface area (Å²) in [6.45, 7) is 0.166. The Hall–Kier alpha value is -2.45. The van der Waals surface area contributed by atoms with Gasteiger partial charge in [-0.1, -0.05) is 28.1 Å². The number of imide groups is 1. The summed E-state index contributed by atoms with van der Waals surface area (Å²) in [6, 6.07) is 14.0. The van der Waals surface area contributed by atoms with Crippen molar-refractivity contribution in [2.45, 2.75) is 6.54 Å². The molecular weight excluding hydrogens is 332 g/mol. The standard InChI is InChI=1S/C16H9BrN2O2/c17-12-4-5-13-14(7-12)16(21)19(15(13)20)9-11-3-1-2-10(6-11)8-18/h1-7H,9H2. The zero-order valence-electron chi connectivity index (χ0n) is 10.8. The number of amides is 2. The van der Waals surface area contributed by atoms with Gasteiger partial charge in [0.15, 0.2) is 0 Å². The second-order valence-corrected chi connectivity index (χ2v) is 5.61. The number of fused-ring (bicyclic) bond motifs is 1. The van der Waals surface area contributed by atoms with Crippen LogP contribution in [0.3, 0.4) is 0 Å². The van der Waals surface area contributed by atoms with Gasteiger partial charge in [-0.25, -0.2) is 0 Å². The lowest BCUT2D eigenvalue weighted by atomic mass is 10.1. The number of halogens is 1. The van der Waals surface area contributed by atoms with Crippen LogP contribution in [0.1, 0.15) is 31.8 Å². The van der Waals surface area contributed by atoms with Gasteiger partial charge in [0.1, 0.15) is 0 Å². The molecule has 2 aromatic rings. The number of nitrogens with zero attached hydrogens (tertiary/aromatic N) is 2. The third-order valence-electron chi connectivity index (χ3n) is 3.33. The third-order valence-corrected chi connectivity index (χ3v) is 3.82. The minimum absolute atomic E-state index is 0.166. The topological polar surface area (TPSA) is 61.2 Å². The molecule has 0 saturated heterocycles. The molecule has 0 atom stereocenters. The molecule has 0 aromatic heterocycles. The van der Waals surface area contributed by atoms with E-state index in [9.17, 15) is 9.59 Å². The van der Waals surface area contributed by atoms with Crippen molar-refractivity contribution in [1.82, 2.24) is 4.90 Å². The number of nitriles is 1. The van der Waals surface area contributed by atoms with Crippen LogP contribution >= 0.6 is 15.9 Å². The average Bonchev–Trinajstić information content (AvgIpc) is 2.72. The molecule has 1 heterocycles. The van der Waals surface area contributed by atoms with Gasteiger partial charge in [-0.3, -0.25) is 14.5 Å². The molecule has 0 unspecified atom stereocenters. The molecule has 3 rings (SSSR count). The quantitative estimate of drug-likeness (QED) is 0.789. The van der Waals surface area contributed by atoms with Crippen LogP contribution in [0.4, 0.5) is 0 Å². The molecule has 1 aliphatic rings. The zero-order valence-corrected chi connectivity index (χ0v) is 12.4. The molecular formula is C16H9BrN2O2. The van der Waals surface area contributed by atoms with Crippen LogP contribution in [-0.2, 0) is 6.54 Å². The van der Waals surface area contributed by atoms with E-state index in [0.717, 1.165) is 10.0 Å². The highest BCUT2D eigenvalue weighted by Crippen LogP contribution is 2.27. The van der Waals surface area contributed by atoms with Crippen molar-refractivity contribution in [3.05, 3.63) is 69.2 Å².